The number of aromatic nitrogens is 1. The minimum Gasteiger partial charge on any atom is -0.337 e. The van der Waals surface area contributed by atoms with E-state index < -0.39 is 11.7 Å². The van der Waals surface area contributed by atoms with Crippen molar-refractivity contribution in [1.82, 2.24) is 9.88 Å². The zero-order chi connectivity index (χ0) is 24.1. The number of carbonyl (C=O) groups is 1. The number of anilines is 2. The maximum Gasteiger partial charge on any atom is 0.416 e. The van der Waals surface area contributed by atoms with Crippen molar-refractivity contribution in [3.63, 3.8) is 0 Å². The van der Waals surface area contributed by atoms with E-state index in [9.17, 15) is 18.0 Å². The molecule has 1 fully saturated rings. The van der Waals surface area contributed by atoms with Crippen LogP contribution in [0.3, 0.4) is 0 Å². The maximum atomic E-state index is 12.9. The topological polar surface area (TPSA) is 57.3 Å². The first-order valence-corrected chi connectivity index (χ1v) is 11.8. The molecular weight excluding hydrogens is 481 g/mol. The molecule has 0 saturated carbocycles. The molecule has 1 aliphatic heterocycles. The van der Waals surface area contributed by atoms with Crippen LogP contribution in [0.5, 0.6) is 0 Å². The molecule has 34 heavy (non-hydrogen) atoms. The summed E-state index contributed by atoms with van der Waals surface area (Å²) >= 11 is 6.73. The maximum absolute atomic E-state index is 12.9. The molecule has 2 N–H and O–H groups in total. The van der Waals surface area contributed by atoms with Crippen LogP contribution in [0.2, 0.25) is 0 Å². The normalized spacial score (nSPS) is 13.6. The van der Waals surface area contributed by atoms with Crippen LogP contribution in [0.15, 0.2) is 76.7 Å². The lowest BCUT2D eigenvalue weighted by Crippen LogP contribution is -2.28. The Morgan fingerprint density at radius 2 is 1.65 bits per heavy atom. The summed E-state index contributed by atoms with van der Waals surface area (Å²) in [5.74, 6) is -0.0405. The number of amides is 1. The van der Waals surface area contributed by atoms with Gasteiger partial charge in [0, 0.05) is 40.5 Å². The van der Waals surface area contributed by atoms with E-state index in [1.165, 1.54) is 23.9 Å². The average molecular weight is 503 g/mol. The number of likely N-dealkylation sites (tertiary alicyclic amines) is 1. The van der Waals surface area contributed by atoms with Crippen LogP contribution in [-0.4, -0.2) is 34.0 Å². The van der Waals surface area contributed by atoms with Crippen LogP contribution in [0.4, 0.5) is 24.5 Å². The summed E-state index contributed by atoms with van der Waals surface area (Å²) in [6.45, 7) is 1.55. The highest BCUT2D eigenvalue weighted by molar-refractivity contribution is 7.99. The first kappa shape index (κ1) is 24.0. The van der Waals surface area contributed by atoms with Gasteiger partial charge in [0.15, 0.2) is 5.11 Å². The molecule has 0 unspecified atom stereocenters. The molecule has 2 aromatic carbocycles. The summed E-state index contributed by atoms with van der Waals surface area (Å²) in [5.41, 5.74) is 0.629. The lowest BCUT2D eigenvalue weighted by molar-refractivity contribution is -0.137. The van der Waals surface area contributed by atoms with Gasteiger partial charge in [0.2, 0.25) is 0 Å². The van der Waals surface area contributed by atoms with E-state index in [2.05, 4.69) is 15.6 Å². The van der Waals surface area contributed by atoms with E-state index in [1.54, 1.807) is 12.3 Å². The lowest BCUT2D eigenvalue weighted by Gasteiger charge is -2.15. The second kappa shape index (κ2) is 10.4. The van der Waals surface area contributed by atoms with Crippen LogP contribution in [0, 0.1) is 0 Å². The SMILES string of the molecule is O=C(c1cc(Sc2ccc(NC(=S)Nc3cccc(C(F)(F)F)c3)cc2)ccn1)N1CCCC1. The first-order valence-electron chi connectivity index (χ1n) is 10.6. The highest BCUT2D eigenvalue weighted by atomic mass is 32.2. The van der Waals surface area contributed by atoms with Gasteiger partial charge >= 0.3 is 6.18 Å². The molecule has 4 rings (SSSR count). The summed E-state index contributed by atoms with van der Waals surface area (Å²) in [4.78, 5) is 20.5. The molecule has 0 radical (unpaired) electrons. The number of thiocarbonyl (C=S) groups is 1. The minimum absolute atomic E-state index is 0.0405. The molecule has 1 saturated heterocycles. The van der Waals surface area contributed by atoms with Crippen molar-refractivity contribution in [2.24, 2.45) is 0 Å². The van der Waals surface area contributed by atoms with E-state index in [1.807, 2.05) is 35.2 Å². The van der Waals surface area contributed by atoms with Crippen LogP contribution in [0.1, 0.15) is 28.9 Å². The number of benzene rings is 2. The Balaban J connectivity index is 1.35. The zero-order valence-corrected chi connectivity index (χ0v) is 19.6. The number of hydrogen-bond donors (Lipinski definition) is 2. The summed E-state index contributed by atoms with van der Waals surface area (Å²) < 4.78 is 38.6. The molecule has 5 nitrogen and oxygen atoms in total. The van der Waals surface area contributed by atoms with Crippen LogP contribution in [0.25, 0.3) is 0 Å². The number of nitrogens with one attached hydrogen (secondary N) is 2. The number of alkyl halides is 3. The van der Waals surface area contributed by atoms with Crippen LogP contribution in [-0.2, 0) is 6.18 Å². The number of carbonyl (C=O) groups excluding carboxylic acids is 1. The van der Waals surface area contributed by atoms with Gasteiger partial charge in [0.25, 0.3) is 5.91 Å². The quantitative estimate of drug-likeness (QED) is 0.400. The Morgan fingerprint density at radius 1 is 0.941 bits per heavy atom. The van der Waals surface area contributed by atoms with E-state index >= 15 is 0 Å². The monoisotopic (exact) mass is 502 g/mol. The molecule has 0 aliphatic carbocycles. The van der Waals surface area contributed by atoms with Gasteiger partial charge in [-0.15, -0.1) is 0 Å². The number of rotatable bonds is 5. The average Bonchev–Trinajstić information content (AvgIpc) is 3.35. The Hall–Kier alpha value is -3.11. The van der Waals surface area contributed by atoms with Crippen molar-refractivity contribution >= 4 is 46.4 Å². The molecule has 0 spiro atoms. The van der Waals surface area contributed by atoms with Crippen molar-refractivity contribution < 1.29 is 18.0 Å². The third-order valence-electron chi connectivity index (χ3n) is 5.14. The van der Waals surface area contributed by atoms with Crippen molar-refractivity contribution in [3.8, 4) is 0 Å². The van der Waals surface area contributed by atoms with Crippen molar-refractivity contribution in [2.75, 3.05) is 23.7 Å². The third-order valence-corrected chi connectivity index (χ3v) is 6.34. The molecule has 1 aliphatic rings. The summed E-state index contributed by atoms with van der Waals surface area (Å²) in [5, 5.41) is 5.91. The van der Waals surface area contributed by atoms with E-state index in [-0.39, 0.29) is 16.7 Å². The van der Waals surface area contributed by atoms with Crippen molar-refractivity contribution in [1.29, 1.82) is 0 Å². The Kier molecular flexibility index (Phi) is 7.38. The zero-order valence-electron chi connectivity index (χ0n) is 17.9. The number of halogens is 3. The van der Waals surface area contributed by atoms with Gasteiger partial charge in [-0.3, -0.25) is 9.78 Å². The van der Waals surface area contributed by atoms with Gasteiger partial charge in [-0.2, -0.15) is 13.2 Å². The largest absolute Gasteiger partial charge is 0.416 e. The standard InChI is InChI=1S/C24H21F3N4OS2/c25-24(26,27)16-4-3-5-18(14-16)30-23(33)29-17-6-8-19(9-7-17)34-20-10-11-28-21(15-20)22(32)31-12-1-2-13-31/h3-11,14-15H,1-2,12-13H2,(H2,29,30,33). The highest BCUT2D eigenvalue weighted by Gasteiger charge is 2.30. The molecule has 0 bridgehead atoms. The van der Waals surface area contributed by atoms with Crippen molar-refractivity contribution in [3.05, 3.63) is 78.1 Å². The summed E-state index contributed by atoms with van der Waals surface area (Å²) in [6, 6.07) is 15.9. The third kappa shape index (κ3) is 6.27. The predicted molar refractivity (Wildman–Crippen MR) is 131 cm³/mol. The van der Waals surface area contributed by atoms with E-state index in [0.29, 0.717) is 11.4 Å². The molecule has 10 heteroatoms. The van der Waals surface area contributed by atoms with Gasteiger partial charge in [-0.25, -0.2) is 0 Å². The van der Waals surface area contributed by atoms with Crippen LogP contribution < -0.4 is 10.6 Å². The fourth-order valence-corrected chi connectivity index (χ4v) is 4.56. The Morgan fingerprint density at radius 3 is 2.35 bits per heavy atom. The fourth-order valence-electron chi connectivity index (χ4n) is 3.48. The molecule has 2 heterocycles. The van der Waals surface area contributed by atoms with Crippen molar-refractivity contribution in [2.45, 2.75) is 28.8 Å². The number of nitrogens with zero attached hydrogens (tertiary/aromatic N) is 2. The summed E-state index contributed by atoms with van der Waals surface area (Å²) in [7, 11) is 0. The van der Waals surface area contributed by atoms with E-state index in [0.717, 1.165) is 47.9 Å². The molecule has 1 aromatic heterocycles. The minimum atomic E-state index is -4.42. The lowest BCUT2D eigenvalue weighted by atomic mass is 10.2. The van der Waals surface area contributed by atoms with Gasteiger partial charge < -0.3 is 15.5 Å². The molecule has 0 atom stereocenters. The number of pyridine rings is 1. The Labute approximate surface area is 204 Å². The number of hydrogen-bond acceptors (Lipinski definition) is 4. The van der Waals surface area contributed by atoms with Gasteiger partial charge in [-0.05, 0) is 79.7 Å². The van der Waals surface area contributed by atoms with Gasteiger partial charge in [-0.1, -0.05) is 17.8 Å². The van der Waals surface area contributed by atoms with Gasteiger partial charge in [0.1, 0.15) is 5.69 Å². The predicted octanol–water partition coefficient (Wildman–Crippen LogP) is 6.30. The molecule has 176 valence electrons. The Bertz CT molecular complexity index is 1180. The van der Waals surface area contributed by atoms with E-state index in [4.69, 9.17) is 12.2 Å². The van der Waals surface area contributed by atoms with Gasteiger partial charge in [0.05, 0.1) is 5.56 Å². The second-order valence-electron chi connectivity index (χ2n) is 7.66. The molecule has 1 amide bonds. The molecule has 3 aromatic rings. The smallest absolute Gasteiger partial charge is 0.337 e. The van der Waals surface area contributed by atoms with Crippen LogP contribution >= 0.6 is 24.0 Å². The summed E-state index contributed by atoms with van der Waals surface area (Å²) in [6.07, 6.45) is -0.727. The molecular formula is C24H21F3N4OS2. The second-order valence-corrected chi connectivity index (χ2v) is 9.22. The first-order chi connectivity index (χ1) is 16.3. The highest BCUT2D eigenvalue weighted by Crippen LogP contribution is 2.31. The fraction of sp³-hybridized carbons (Fsp3) is 0.208.